The molecule has 0 saturated heterocycles. The van der Waals surface area contributed by atoms with E-state index in [1.807, 2.05) is 25.1 Å². The number of halogens is 1. The van der Waals surface area contributed by atoms with Crippen LogP contribution >= 0.6 is 11.6 Å². The highest BCUT2D eigenvalue weighted by Crippen LogP contribution is 2.36. The lowest BCUT2D eigenvalue weighted by Crippen LogP contribution is -2.25. The molecule has 0 unspecified atom stereocenters. The zero-order valence-corrected chi connectivity index (χ0v) is 21.3. The van der Waals surface area contributed by atoms with Gasteiger partial charge in [0.05, 0.1) is 35.4 Å². The Bertz CT molecular complexity index is 1310. The first kappa shape index (κ1) is 25.7. The lowest BCUT2D eigenvalue weighted by atomic mass is 9.88. The average Bonchev–Trinajstić information content (AvgIpc) is 2.88. The summed E-state index contributed by atoms with van der Waals surface area (Å²) in [7, 11) is 0. The van der Waals surface area contributed by atoms with Crippen molar-refractivity contribution in [2.75, 3.05) is 19.8 Å². The Morgan fingerprint density at radius 2 is 1.92 bits per heavy atom. The van der Waals surface area contributed by atoms with Gasteiger partial charge in [0.1, 0.15) is 5.82 Å². The Balaban J connectivity index is 1.71. The van der Waals surface area contributed by atoms with E-state index in [-0.39, 0.29) is 35.5 Å². The number of fused-ring (bicyclic) bond motifs is 1. The van der Waals surface area contributed by atoms with E-state index < -0.39 is 5.97 Å². The zero-order chi connectivity index (χ0) is 25.5. The van der Waals surface area contributed by atoms with Gasteiger partial charge in [0.15, 0.2) is 18.1 Å². The summed E-state index contributed by atoms with van der Waals surface area (Å²) in [6.45, 7) is 3.90. The van der Waals surface area contributed by atoms with E-state index in [0.29, 0.717) is 34.6 Å². The zero-order valence-electron chi connectivity index (χ0n) is 20.5. The maximum Gasteiger partial charge on any atom is 0.344 e. The minimum Gasteiger partial charge on any atom is -0.490 e. The standard InChI is InChI=1S/C27H30ClN3O5/c1-3-34-23-15-18(14-21(28)25(23)36-17-24(32)35-4-2)16-29-31-26(19-10-6-5-7-11-19)30-22-13-9-8-12-20(22)27(31)33/h8-9,12-16,19H,3-7,10-11,17H2,1-2H3. The van der Waals surface area contributed by atoms with Gasteiger partial charge in [0, 0.05) is 5.92 Å². The van der Waals surface area contributed by atoms with E-state index in [9.17, 15) is 9.59 Å². The van der Waals surface area contributed by atoms with E-state index in [4.69, 9.17) is 30.8 Å². The molecule has 0 N–H and O–H groups in total. The number of rotatable bonds is 9. The molecule has 8 nitrogen and oxygen atoms in total. The van der Waals surface area contributed by atoms with Gasteiger partial charge in [-0.2, -0.15) is 9.78 Å². The van der Waals surface area contributed by atoms with Gasteiger partial charge in [-0.05, 0) is 56.5 Å². The summed E-state index contributed by atoms with van der Waals surface area (Å²) < 4.78 is 17.6. The minimum atomic E-state index is -0.500. The molecule has 3 aromatic rings. The second-order valence-corrected chi connectivity index (χ2v) is 8.95. The monoisotopic (exact) mass is 511 g/mol. The van der Waals surface area contributed by atoms with Crippen molar-refractivity contribution in [2.24, 2.45) is 5.10 Å². The quantitative estimate of drug-likeness (QED) is 0.285. The number of ether oxygens (including phenoxy) is 3. The molecule has 9 heteroatoms. The third kappa shape index (κ3) is 5.87. The summed E-state index contributed by atoms with van der Waals surface area (Å²) >= 11 is 6.48. The summed E-state index contributed by atoms with van der Waals surface area (Å²) in [5.74, 6) is 0.970. The highest BCUT2D eigenvalue weighted by molar-refractivity contribution is 6.32. The first-order valence-corrected chi connectivity index (χ1v) is 12.7. The molecule has 0 atom stereocenters. The molecule has 1 saturated carbocycles. The number of carbonyl (C=O) groups is 1. The van der Waals surface area contributed by atoms with Crippen molar-refractivity contribution < 1.29 is 19.0 Å². The van der Waals surface area contributed by atoms with Gasteiger partial charge in [0.25, 0.3) is 5.56 Å². The molecule has 2 aromatic carbocycles. The molecule has 1 aromatic heterocycles. The maximum atomic E-state index is 13.4. The van der Waals surface area contributed by atoms with Gasteiger partial charge in [-0.15, -0.1) is 0 Å². The highest BCUT2D eigenvalue weighted by Gasteiger charge is 2.22. The third-order valence-corrected chi connectivity index (χ3v) is 6.32. The van der Waals surface area contributed by atoms with E-state index in [1.165, 1.54) is 11.1 Å². The number of esters is 1. The second kappa shape index (κ2) is 12.0. The van der Waals surface area contributed by atoms with Crippen LogP contribution in [0.1, 0.15) is 63.3 Å². The van der Waals surface area contributed by atoms with E-state index in [0.717, 1.165) is 25.7 Å². The SMILES string of the molecule is CCOC(=O)COc1c(Cl)cc(C=Nn2c(C3CCCCC3)nc3ccccc3c2=O)cc1OCC. The van der Waals surface area contributed by atoms with E-state index >= 15 is 0 Å². The van der Waals surface area contributed by atoms with Gasteiger partial charge in [-0.3, -0.25) is 4.79 Å². The van der Waals surface area contributed by atoms with Crippen molar-refractivity contribution in [1.29, 1.82) is 0 Å². The highest BCUT2D eigenvalue weighted by atomic mass is 35.5. The van der Waals surface area contributed by atoms with Crippen LogP contribution in [0.25, 0.3) is 10.9 Å². The maximum absolute atomic E-state index is 13.4. The van der Waals surface area contributed by atoms with Gasteiger partial charge >= 0.3 is 5.97 Å². The molecule has 1 heterocycles. The molecule has 0 radical (unpaired) electrons. The Labute approximate surface area is 214 Å². The first-order valence-electron chi connectivity index (χ1n) is 12.3. The normalized spacial score (nSPS) is 14.3. The van der Waals surface area contributed by atoms with Crippen LogP contribution in [0, 0.1) is 0 Å². The lowest BCUT2D eigenvalue weighted by Gasteiger charge is -2.22. The molecule has 0 amide bonds. The average molecular weight is 512 g/mol. The van der Waals surface area contributed by atoms with Crippen molar-refractivity contribution in [2.45, 2.75) is 51.9 Å². The van der Waals surface area contributed by atoms with Crippen LogP contribution in [0.3, 0.4) is 0 Å². The van der Waals surface area contributed by atoms with Crippen LogP contribution < -0.4 is 15.0 Å². The van der Waals surface area contributed by atoms with Crippen LogP contribution in [0.15, 0.2) is 46.3 Å². The topological polar surface area (TPSA) is 92.0 Å². The van der Waals surface area contributed by atoms with Gasteiger partial charge < -0.3 is 14.2 Å². The van der Waals surface area contributed by atoms with Crippen LogP contribution in [0.2, 0.25) is 5.02 Å². The van der Waals surface area contributed by atoms with Crippen LogP contribution in [0.5, 0.6) is 11.5 Å². The second-order valence-electron chi connectivity index (χ2n) is 8.54. The molecule has 0 spiro atoms. The number of nitrogens with zero attached hydrogens (tertiary/aromatic N) is 3. The largest absolute Gasteiger partial charge is 0.490 e. The van der Waals surface area contributed by atoms with Crippen LogP contribution in [0.4, 0.5) is 0 Å². The molecule has 36 heavy (non-hydrogen) atoms. The molecule has 1 fully saturated rings. The summed E-state index contributed by atoms with van der Waals surface area (Å²) in [4.78, 5) is 30.0. The molecule has 0 bridgehead atoms. The fraction of sp³-hybridized carbons (Fsp3) is 0.407. The first-order chi connectivity index (χ1) is 17.5. The molecule has 190 valence electrons. The predicted molar refractivity (Wildman–Crippen MR) is 140 cm³/mol. The molecular formula is C27H30ClN3O5. The smallest absolute Gasteiger partial charge is 0.344 e. The van der Waals surface area contributed by atoms with Crippen LogP contribution in [-0.4, -0.2) is 41.7 Å². The Hall–Kier alpha value is -3.39. The van der Waals surface area contributed by atoms with Crippen molar-refractivity contribution in [1.82, 2.24) is 9.66 Å². The Morgan fingerprint density at radius 3 is 2.67 bits per heavy atom. The van der Waals surface area contributed by atoms with E-state index in [1.54, 1.807) is 31.3 Å². The number of aromatic nitrogens is 2. The van der Waals surface area contributed by atoms with Crippen LogP contribution in [-0.2, 0) is 9.53 Å². The lowest BCUT2D eigenvalue weighted by molar-refractivity contribution is -0.145. The number of hydrogen-bond donors (Lipinski definition) is 0. The Kier molecular flexibility index (Phi) is 8.59. The fourth-order valence-electron chi connectivity index (χ4n) is 4.40. The van der Waals surface area contributed by atoms with Gasteiger partial charge in [-0.1, -0.05) is 43.0 Å². The summed E-state index contributed by atoms with van der Waals surface area (Å²) in [6, 6.07) is 10.7. The molecular weight excluding hydrogens is 482 g/mol. The van der Waals surface area contributed by atoms with Crippen molar-refractivity contribution in [3.05, 3.63) is 63.2 Å². The summed E-state index contributed by atoms with van der Waals surface area (Å²) in [6.07, 6.45) is 6.93. The molecule has 1 aliphatic carbocycles. The van der Waals surface area contributed by atoms with Gasteiger partial charge in [0.2, 0.25) is 0 Å². The fourth-order valence-corrected chi connectivity index (χ4v) is 4.67. The number of benzene rings is 2. The molecule has 1 aliphatic rings. The van der Waals surface area contributed by atoms with Crippen molar-refractivity contribution >= 4 is 34.7 Å². The number of carbonyl (C=O) groups excluding carboxylic acids is 1. The summed E-state index contributed by atoms with van der Waals surface area (Å²) in [5, 5.41) is 5.33. The van der Waals surface area contributed by atoms with E-state index in [2.05, 4.69) is 5.10 Å². The van der Waals surface area contributed by atoms with Crippen molar-refractivity contribution in [3.63, 3.8) is 0 Å². The summed E-state index contributed by atoms with van der Waals surface area (Å²) in [5.41, 5.74) is 1.09. The Morgan fingerprint density at radius 1 is 1.14 bits per heavy atom. The molecule has 0 aliphatic heterocycles. The third-order valence-electron chi connectivity index (χ3n) is 6.04. The van der Waals surface area contributed by atoms with Gasteiger partial charge in [-0.25, -0.2) is 9.78 Å². The molecule has 4 rings (SSSR count). The predicted octanol–water partition coefficient (Wildman–Crippen LogP) is 5.32. The number of hydrogen-bond acceptors (Lipinski definition) is 7. The minimum absolute atomic E-state index is 0.175. The van der Waals surface area contributed by atoms with Crippen molar-refractivity contribution in [3.8, 4) is 11.5 Å². The number of para-hydroxylation sites is 1.